The van der Waals surface area contributed by atoms with E-state index in [0.29, 0.717) is 41.5 Å². The molecule has 0 radical (unpaired) electrons. The van der Waals surface area contributed by atoms with Gasteiger partial charge in [0, 0.05) is 25.2 Å². The monoisotopic (exact) mass is 419 g/mol. The number of carbonyl (C=O) groups is 2. The van der Waals surface area contributed by atoms with E-state index >= 15 is 0 Å². The molecule has 160 valence electrons. The molecule has 7 nitrogen and oxygen atoms in total. The molecule has 2 aromatic rings. The normalized spacial score (nSPS) is 17.6. The van der Waals surface area contributed by atoms with Crippen molar-refractivity contribution >= 4 is 28.8 Å². The number of hydrogen-bond donors (Lipinski definition) is 0. The van der Waals surface area contributed by atoms with Crippen LogP contribution in [0.2, 0.25) is 0 Å². The summed E-state index contributed by atoms with van der Waals surface area (Å²) < 4.78 is 0. The van der Waals surface area contributed by atoms with Gasteiger partial charge in [-0.15, -0.1) is 0 Å². The first kappa shape index (κ1) is 20.8. The van der Waals surface area contributed by atoms with Gasteiger partial charge in [-0.05, 0) is 61.9 Å². The van der Waals surface area contributed by atoms with Gasteiger partial charge in [0.15, 0.2) is 0 Å². The highest BCUT2D eigenvalue weighted by molar-refractivity contribution is 6.45. The van der Waals surface area contributed by atoms with Gasteiger partial charge in [0.25, 0.3) is 17.5 Å². The molecule has 0 N–H and O–H groups in total. The van der Waals surface area contributed by atoms with Gasteiger partial charge in [-0.3, -0.25) is 19.7 Å². The molecule has 2 heterocycles. The molecular weight excluding hydrogens is 394 g/mol. The van der Waals surface area contributed by atoms with E-state index in [1.807, 2.05) is 30.9 Å². The third-order valence-electron chi connectivity index (χ3n) is 6.12. The van der Waals surface area contributed by atoms with Crippen molar-refractivity contribution in [2.24, 2.45) is 5.92 Å². The first-order chi connectivity index (χ1) is 14.8. The van der Waals surface area contributed by atoms with Crippen LogP contribution in [0.3, 0.4) is 0 Å². The lowest BCUT2D eigenvalue weighted by Gasteiger charge is -2.32. The maximum atomic E-state index is 13.6. The van der Waals surface area contributed by atoms with Crippen LogP contribution in [0, 0.1) is 29.9 Å². The average Bonchev–Trinajstić information content (AvgIpc) is 2.99. The molecule has 0 atom stereocenters. The standard InChI is InChI=1S/C24H25N3O4/c1-15-10-12-25(13-11-15)22-21(18-5-7-19(8-6-18)27(30)31)23(28)26(24(22)29)20-9-4-16(2)14-17(20)3/h4-9,14-15H,10-13H2,1-3H3. The summed E-state index contributed by atoms with van der Waals surface area (Å²) in [6.45, 7) is 7.44. The predicted octanol–water partition coefficient (Wildman–Crippen LogP) is 4.23. The quantitative estimate of drug-likeness (QED) is 0.421. The second-order valence-corrected chi connectivity index (χ2v) is 8.43. The minimum absolute atomic E-state index is 0.0549. The first-order valence-electron chi connectivity index (χ1n) is 10.5. The highest BCUT2D eigenvalue weighted by Crippen LogP contribution is 2.37. The zero-order valence-electron chi connectivity index (χ0n) is 17.9. The molecule has 2 aliphatic rings. The van der Waals surface area contributed by atoms with Crippen LogP contribution in [0.25, 0.3) is 5.57 Å². The smallest absolute Gasteiger partial charge is 0.282 e. The summed E-state index contributed by atoms with van der Waals surface area (Å²) in [5.74, 6) is -0.151. The van der Waals surface area contributed by atoms with Crippen LogP contribution >= 0.6 is 0 Å². The van der Waals surface area contributed by atoms with Crippen molar-refractivity contribution in [1.29, 1.82) is 0 Å². The number of hydrogen-bond acceptors (Lipinski definition) is 5. The third-order valence-corrected chi connectivity index (χ3v) is 6.12. The van der Waals surface area contributed by atoms with Gasteiger partial charge in [-0.25, -0.2) is 4.90 Å². The van der Waals surface area contributed by atoms with Crippen LogP contribution in [0.15, 0.2) is 48.2 Å². The summed E-state index contributed by atoms with van der Waals surface area (Å²) in [5.41, 5.74) is 3.64. The fourth-order valence-electron chi connectivity index (χ4n) is 4.33. The second kappa shape index (κ2) is 7.98. The van der Waals surface area contributed by atoms with Crippen molar-refractivity contribution in [2.45, 2.75) is 33.6 Å². The summed E-state index contributed by atoms with van der Waals surface area (Å²) in [6, 6.07) is 11.5. The number of anilines is 1. The Hall–Kier alpha value is -3.48. The van der Waals surface area contributed by atoms with Crippen molar-refractivity contribution in [1.82, 2.24) is 4.90 Å². The molecular formula is C24H25N3O4. The molecule has 2 aromatic carbocycles. The fourth-order valence-corrected chi connectivity index (χ4v) is 4.33. The van der Waals surface area contributed by atoms with Crippen molar-refractivity contribution in [2.75, 3.05) is 18.0 Å². The highest BCUT2D eigenvalue weighted by atomic mass is 16.6. The number of nitro benzene ring substituents is 1. The largest absolute Gasteiger partial charge is 0.366 e. The predicted molar refractivity (Wildman–Crippen MR) is 118 cm³/mol. The van der Waals surface area contributed by atoms with Crippen LogP contribution in [-0.4, -0.2) is 34.7 Å². The summed E-state index contributed by atoms with van der Waals surface area (Å²) in [5, 5.41) is 11.1. The van der Waals surface area contributed by atoms with Crippen molar-refractivity contribution in [3.05, 3.63) is 75.0 Å². The Morgan fingerprint density at radius 1 is 0.968 bits per heavy atom. The molecule has 0 aliphatic carbocycles. The van der Waals surface area contributed by atoms with Crippen LogP contribution in [0.4, 0.5) is 11.4 Å². The summed E-state index contributed by atoms with van der Waals surface area (Å²) in [4.78, 5) is 41.0. The van der Waals surface area contributed by atoms with Crippen molar-refractivity contribution in [3.63, 3.8) is 0 Å². The maximum Gasteiger partial charge on any atom is 0.282 e. The van der Waals surface area contributed by atoms with Gasteiger partial charge in [0.1, 0.15) is 5.70 Å². The number of nitrogens with zero attached hydrogens (tertiary/aromatic N) is 3. The molecule has 0 bridgehead atoms. The topological polar surface area (TPSA) is 83.8 Å². The van der Waals surface area contributed by atoms with E-state index in [1.165, 1.54) is 17.0 Å². The van der Waals surface area contributed by atoms with Gasteiger partial charge in [0.05, 0.1) is 16.2 Å². The number of non-ortho nitro benzene ring substituents is 1. The number of rotatable bonds is 4. The van der Waals surface area contributed by atoms with Gasteiger partial charge in [-0.2, -0.15) is 0 Å². The molecule has 2 aliphatic heterocycles. The van der Waals surface area contributed by atoms with E-state index in [9.17, 15) is 19.7 Å². The van der Waals surface area contributed by atoms with Gasteiger partial charge in [-0.1, -0.05) is 24.6 Å². The number of carbonyl (C=O) groups excluding carboxylic acids is 2. The van der Waals surface area contributed by atoms with Gasteiger partial charge >= 0.3 is 0 Å². The molecule has 1 fully saturated rings. The van der Waals surface area contributed by atoms with Crippen LogP contribution in [0.1, 0.15) is 36.5 Å². The zero-order chi connectivity index (χ0) is 22.3. The number of nitro groups is 1. The number of piperidine rings is 1. The summed E-state index contributed by atoms with van der Waals surface area (Å²) in [7, 11) is 0. The molecule has 0 saturated carbocycles. The second-order valence-electron chi connectivity index (χ2n) is 8.43. The minimum Gasteiger partial charge on any atom is -0.366 e. The Morgan fingerprint density at radius 2 is 1.61 bits per heavy atom. The van der Waals surface area contributed by atoms with E-state index in [1.54, 1.807) is 18.2 Å². The van der Waals surface area contributed by atoms with Crippen LogP contribution in [0.5, 0.6) is 0 Å². The number of aryl methyl sites for hydroxylation is 2. The zero-order valence-corrected chi connectivity index (χ0v) is 17.9. The number of amides is 2. The van der Waals surface area contributed by atoms with Crippen LogP contribution in [-0.2, 0) is 9.59 Å². The lowest BCUT2D eigenvalue weighted by molar-refractivity contribution is -0.384. The maximum absolute atomic E-state index is 13.6. The lowest BCUT2D eigenvalue weighted by Crippen LogP contribution is -2.38. The average molecular weight is 419 g/mol. The van der Waals surface area contributed by atoms with Crippen molar-refractivity contribution in [3.8, 4) is 0 Å². The van der Waals surface area contributed by atoms with E-state index < -0.39 is 4.92 Å². The Labute approximate surface area is 181 Å². The number of likely N-dealkylation sites (tertiary alicyclic amines) is 1. The summed E-state index contributed by atoms with van der Waals surface area (Å²) >= 11 is 0. The van der Waals surface area contributed by atoms with E-state index in [-0.39, 0.29) is 17.5 Å². The van der Waals surface area contributed by atoms with Gasteiger partial charge in [0.2, 0.25) is 0 Å². The third kappa shape index (κ3) is 3.71. The van der Waals surface area contributed by atoms with Crippen LogP contribution < -0.4 is 4.90 Å². The fraction of sp³-hybridized carbons (Fsp3) is 0.333. The lowest BCUT2D eigenvalue weighted by atomic mass is 9.97. The summed E-state index contributed by atoms with van der Waals surface area (Å²) in [6.07, 6.45) is 1.89. The Morgan fingerprint density at radius 3 is 2.19 bits per heavy atom. The Balaban J connectivity index is 1.82. The minimum atomic E-state index is -0.477. The molecule has 4 rings (SSSR count). The molecule has 0 unspecified atom stereocenters. The highest BCUT2D eigenvalue weighted by Gasteiger charge is 2.43. The molecule has 2 amide bonds. The SMILES string of the molecule is Cc1ccc(N2C(=O)C(c3ccc([N+](=O)[O-])cc3)=C(N3CCC(C)CC3)C2=O)c(C)c1. The Bertz CT molecular complexity index is 1100. The van der Waals surface area contributed by atoms with E-state index in [4.69, 9.17) is 0 Å². The molecule has 0 spiro atoms. The Kier molecular flexibility index (Phi) is 5.35. The number of benzene rings is 2. The molecule has 1 saturated heterocycles. The van der Waals surface area contributed by atoms with Gasteiger partial charge < -0.3 is 4.90 Å². The first-order valence-corrected chi connectivity index (χ1v) is 10.5. The molecule has 31 heavy (non-hydrogen) atoms. The molecule has 7 heteroatoms. The van der Waals surface area contributed by atoms with E-state index in [0.717, 1.165) is 24.0 Å². The van der Waals surface area contributed by atoms with Crippen molar-refractivity contribution < 1.29 is 14.5 Å². The van der Waals surface area contributed by atoms with E-state index in [2.05, 4.69) is 6.92 Å². The number of imide groups is 1. The molecule has 0 aromatic heterocycles.